The molecule has 0 amide bonds. The number of hydrogen-bond donors (Lipinski definition) is 0. The fraction of sp³-hybridized carbons (Fsp3) is 0.417. The van der Waals surface area contributed by atoms with Crippen molar-refractivity contribution in [3.63, 3.8) is 0 Å². The maximum absolute atomic E-state index is 5.12. The molecule has 76 valence electrons. The number of benzene rings is 1. The molecule has 0 aromatic heterocycles. The smallest absolute Gasteiger partial charge is 0.119 e. The third-order valence-corrected chi connectivity index (χ3v) is 1.97. The second-order valence-corrected chi connectivity index (χ2v) is 3.17. The summed E-state index contributed by atoms with van der Waals surface area (Å²) in [5.41, 5.74) is 1.10. The van der Waals surface area contributed by atoms with Crippen molar-refractivity contribution in [3.8, 4) is 5.75 Å². The minimum atomic E-state index is 0.879. The molecule has 0 heterocycles. The van der Waals surface area contributed by atoms with Crippen LogP contribution >= 0.6 is 0 Å². The van der Waals surface area contributed by atoms with Crippen LogP contribution in [0.2, 0.25) is 0 Å². The van der Waals surface area contributed by atoms with Gasteiger partial charge in [-0.15, -0.1) is 0 Å². The molecule has 2 heteroatoms. The Bertz CT molecular complexity index is 294. The molecule has 0 saturated carbocycles. The van der Waals surface area contributed by atoms with Crippen LogP contribution < -0.4 is 4.74 Å². The molecule has 1 aromatic carbocycles. The largest absolute Gasteiger partial charge is 0.497 e. The molecule has 1 aromatic rings. The normalized spacial score (nSPS) is 10.7. The Morgan fingerprint density at radius 3 is 3.00 bits per heavy atom. The third-order valence-electron chi connectivity index (χ3n) is 1.97. The van der Waals surface area contributed by atoms with E-state index in [2.05, 4.69) is 11.9 Å². The molecule has 0 atom stereocenters. The van der Waals surface area contributed by atoms with E-state index in [0.29, 0.717) is 0 Å². The lowest BCUT2D eigenvalue weighted by Crippen LogP contribution is -1.87. The zero-order valence-electron chi connectivity index (χ0n) is 8.86. The second kappa shape index (κ2) is 6.19. The molecular weight excluding hydrogens is 174 g/mol. The lowest BCUT2D eigenvalue weighted by Gasteiger charge is -1.99. The Kier molecular flexibility index (Phi) is 4.76. The summed E-state index contributed by atoms with van der Waals surface area (Å²) in [6.07, 6.45) is 4.24. The van der Waals surface area contributed by atoms with Crippen molar-refractivity contribution in [2.24, 2.45) is 4.99 Å². The molecule has 0 aliphatic heterocycles. The molecular formula is C12H17NO. The van der Waals surface area contributed by atoms with E-state index in [-0.39, 0.29) is 0 Å². The standard InChI is InChI=1S/C12H17NO/c1-3-4-8-13-10-11-6-5-7-12(9-11)14-2/h5-7,9-10H,3-4,8H2,1-2H3. The first kappa shape index (κ1) is 10.8. The molecule has 14 heavy (non-hydrogen) atoms. The van der Waals surface area contributed by atoms with E-state index < -0.39 is 0 Å². The van der Waals surface area contributed by atoms with E-state index in [4.69, 9.17) is 4.74 Å². The zero-order chi connectivity index (χ0) is 10.2. The summed E-state index contributed by atoms with van der Waals surface area (Å²) >= 11 is 0. The lowest BCUT2D eigenvalue weighted by molar-refractivity contribution is 0.415. The van der Waals surface area contributed by atoms with Crippen LogP contribution in [-0.4, -0.2) is 19.9 Å². The fourth-order valence-electron chi connectivity index (χ4n) is 1.14. The van der Waals surface area contributed by atoms with Gasteiger partial charge in [0.2, 0.25) is 0 Å². The van der Waals surface area contributed by atoms with Gasteiger partial charge < -0.3 is 4.74 Å². The van der Waals surface area contributed by atoms with Gasteiger partial charge in [0.1, 0.15) is 5.75 Å². The summed E-state index contributed by atoms with van der Waals surface area (Å²) in [7, 11) is 1.67. The van der Waals surface area contributed by atoms with Crippen LogP contribution in [0.5, 0.6) is 5.75 Å². The van der Waals surface area contributed by atoms with Crippen LogP contribution in [0, 0.1) is 0 Å². The van der Waals surface area contributed by atoms with Gasteiger partial charge in [-0.05, 0) is 24.1 Å². The van der Waals surface area contributed by atoms with E-state index in [1.165, 1.54) is 6.42 Å². The second-order valence-electron chi connectivity index (χ2n) is 3.17. The van der Waals surface area contributed by atoms with Crippen molar-refractivity contribution in [3.05, 3.63) is 29.8 Å². The van der Waals surface area contributed by atoms with Gasteiger partial charge >= 0.3 is 0 Å². The number of unbranched alkanes of at least 4 members (excludes halogenated alkanes) is 1. The summed E-state index contributed by atoms with van der Waals surface area (Å²) in [6.45, 7) is 3.08. The van der Waals surface area contributed by atoms with Crippen molar-refractivity contribution in [1.29, 1.82) is 0 Å². The molecule has 0 aliphatic carbocycles. The molecule has 0 radical (unpaired) electrons. The number of methoxy groups -OCH3 is 1. The summed E-state index contributed by atoms with van der Waals surface area (Å²) in [5.74, 6) is 0.879. The SMILES string of the molecule is CCCCN=Cc1cccc(OC)c1. The number of hydrogen-bond acceptors (Lipinski definition) is 2. The van der Waals surface area contributed by atoms with E-state index in [1.807, 2.05) is 30.5 Å². The Balaban J connectivity index is 2.53. The van der Waals surface area contributed by atoms with Gasteiger partial charge in [0.15, 0.2) is 0 Å². The minimum absolute atomic E-state index is 0.879. The van der Waals surface area contributed by atoms with Crippen LogP contribution in [0.4, 0.5) is 0 Å². The maximum atomic E-state index is 5.12. The molecule has 0 spiro atoms. The molecule has 0 unspecified atom stereocenters. The number of rotatable bonds is 5. The van der Waals surface area contributed by atoms with Crippen LogP contribution in [-0.2, 0) is 0 Å². The topological polar surface area (TPSA) is 21.6 Å². The molecule has 0 bridgehead atoms. The Morgan fingerprint density at radius 2 is 2.29 bits per heavy atom. The first-order chi connectivity index (χ1) is 6.86. The average Bonchev–Trinajstić information content (AvgIpc) is 2.25. The van der Waals surface area contributed by atoms with Crippen molar-refractivity contribution in [2.75, 3.05) is 13.7 Å². The maximum Gasteiger partial charge on any atom is 0.119 e. The van der Waals surface area contributed by atoms with Crippen molar-refractivity contribution in [1.82, 2.24) is 0 Å². The highest BCUT2D eigenvalue weighted by molar-refractivity contribution is 5.80. The van der Waals surface area contributed by atoms with Crippen molar-refractivity contribution < 1.29 is 4.74 Å². The molecule has 0 fully saturated rings. The number of ether oxygens (including phenoxy) is 1. The quantitative estimate of drug-likeness (QED) is 0.518. The van der Waals surface area contributed by atoms with E-state index in [9.17, 15) is 0 Å². The molecule has 0 aliphatic rings. The minimum Gasteiger partial charge on any atom is -0.497 e. The lowest BCUT2D eigenvalue weighted by atomic mass is 10.2. The van der Waals surface area contributed by atoms with Crippen LogP contribution in [0.25, 0.3) is 0 Å². The average molecular weight is 191 g/mol. The van der Waals surface area contributed by atoms with Gasteiger partial charge in [-0.1, -0.05) is 25.5 Å². The molecule has 0 saturated heterocycles. The highest BCUT2D eigenvalue weighted by Gasteiger charge is 1.91. The van der Waals surface area contributed by atoms with Gasteiger partial charge in [-0.3, -0.25) is 4.99 Å². The van der Waals surface area contributed by atoms with Crippen molar-refractivity contribution in [2.45, 2.75) is 19.8 Å². The van der Waals surface area contributed by atoms with Crippen LogP contribution in [0.15, 0.2) is 29.3 Å². The zero-order valence-corrected chi connectivity index (χ0v) is 8.86. The fourth-order valence-corrected chi connectivity index (χ4v) is 1.14. The molecule has 0 N–H and O–H groups in total. The Hall–Kier alpha value is -1.31. The van der Waals surface area contributed by atoms with E-state index in [1.54, 1.807) is 7.11 Å². The summed E-state index contributed by atoms with van der Waals surface area (Å²) in [6, 6.07) is 7.91. The predicted octanol–water partition coefficient (Wildman–Crippen LogP) is 2.91. The van der Waals surface area contributed by atoms with Crippen LogP contribution in [0.3, 0.4) is 0 Å². The Labute approximate surface area is 85.6 Å². The van der Waals surface area contributed by atoms with Crippen LogP contribution in [0.1, 0.15) is 25.3 Å². The number of aliphatic imine (C=N–C) groups is 1. The predicted molar refractivity (Wildman–Crippen MR) is 60.4 cm³/mol. The molecule has 1 rings (SSSR count). The first-order valence-corrected chi connectivity index (χ1v) is 5.00. The van der Waals surface area contributed by atoms with Gasteiger partial charge in [0.05, 0.1) is 7.11 Å². The highest BCUT2D eigenvalue weighted by Crippen LogP contribution is 2.10. The summed E-state index contributed by atoms with van der Waals surface area (Å²) < 4.78 is 5.12. The van der Waals surface area contributed by atoms with Crippen molar-refractivity contribution >= 4 is 6.21 Å². The van der Waals surface area contributed by atoms with Gasteiger partial charge in [0.25, 0.3) is 0 Å². The van der Waals surface area contributed by atoms with Gasteiger partial charge in [-0.25, -0.2) is 0 Å². The van der Waals surface area contributed by atoms with Gasteiger partial charge in [0, 0.05) is 12.8 Å². The third kappa shape index (κ3) is 3.60. The van der Waals surface area contributed by atoms with E-state index in [0.717, 1.165) is 24.3 Å². The summed E-state index contributed by atoms with van der Waals surface area (Å²) in [5, 5.41) is 0. The monoisotopic (exact) mass is 191 g/mol. The number of nitrogens with zero attached hydrogens (tertiary/aromatic N) is 1. The van der Waals surface area contributed by atoms with Gasteiger partial charge in [-0.2, -0.15) is 0 Å². The highest BCUT2D eigenvalue weighted by atomic mass is 16.5. The first-order valence-electron chi connectivity index (χ1n) is 5.00. The van der Waals surface area contributed by atoms with E-state index >= 15 is 0 Å². The summed E-state index contributed by atoms with van der Waals surface area (Å²) in [4.78, 5) is 4.33. The molecule has 2 nitrogen and oxygen atoms in total. The Morgan fingerprint density at radius 1 is 1.43 bits per heavy atom.